The highest BCUT2D eigenvalue weighted by molar-refractivity contribution is 5.77. The van der Waals surface area contributed by atoms with Gasteiger partial charge in [-0.3, -0.25) is 9.59 Å². The van der Waals surface area contributed by atoms with E-state index >= 15 is 0 Å². The summed E-state index contributed by atoms with van der Waals surface area (Å²) in [5.74, 6) is -1.11. The maximum absolute atomic E-state index is 12.7. The molecule has 1 aliphatic carbocycles. The third-order valence-corrected chi connectivity index (χ3v) is 3.78. The molecular formula is C15H18FNO4. The first-order valence-corrected chi connectivity index (χ1v) is 6.86. The lowest BCUT2D eigenvalue weighted by Gasteiger charge is -2.40. The largest absolute Gasteiger partial charge is 0.484 e. The molecule has 1 aromatic rings. The van der Waals surface area contributed by atoms with Gasteiger partial charge in [-0.2, -0.15) is 0 Å². The van der Waals surface area contributed by atoms with E-state index in [4.69, 9.17) is 9.84 Å². The molecule has 0 unspecified atom stereocenters. The Balaban J connectivity index is 1.74. The Labute approximate surface area is 122 Å². The van der Waals surface area contributed by atoms with Crippen molar-refractivity contribution in [3.63, 3.8) is 0 Å². The SMILES string of the molecule is O=C(O)CC1(CNC(=O)COc2ccc(F)cc2)CCC1. The predicted molar refractivity (Wildman–Crippen MR) is 73.4 cm³/mol. The van der Waals surface area contributed by atoms with Crippen LogP contribution in [0, 0.1) is 11.2 Å². The number of carbonyl (C=O) groups excluding carboxylic acids is 1. The molecule has 0 aromatic heterocycles. The number of carbonyl (C=O) groups is 2. The molecule has 1 fully saturated rings. The van der Waals surface area contributed by atoms with E-state index in [-0.39, 0.29) is 30.2 Å². The van der Waals surface area contributed by atoms with Crippen molar-refractivity contribution in [2.45, 2.75) is 25.7 Å². The lowest BCUT2D eigenvalue weighted by molar-refractivity contribution is -0.142. The zero-order chi connectivity index (χ0) is 15.3. The standard InChI is InChI=1S/C15H18FNO4/c16-11-2-4-12(5-3-11)21-9-13(18)17-10-15(6-1-7-15)8-14(19)20/h2-5H,1,6-10H2,(H,17,18)(H,19,20). The molecule has 1 aliphatic rings. The van der Waals surface area contributed by atoms with Crippen molar-refractivity contribution < 1.29 is 23.8 Å². The zero-order valence-corrected chi connectivity index (χ0v) is 11.6. The summed E-state index contributed by atoms with van der Waals surface area (Å²) in [6.07, 6.45) is 2.71. The molecule has 0 atom stereocenters. The summed E-state index contributed by atoms with van der Waals surface area (Å²) in [6.45, 7) is 0.180. The Morgan fingerprint density at radius 1 is 1.29 bits per heavy atom. The van der Waals surface area contributed by atoms with Crippen LogP contribution >= 0.6 is 0 Å². The summed E-state index contributed by atoms with van der Waals surface area (Å²) in [5.41, 5.74) is -0.308. The van der Waals surface area contributed by atoms with E-state index in [9.17, 15) is 14.0 Å². The van der Waals surface area contributed by atoms with Crippen LogP contribution in [0.5, 0.6) is 5.75 Å². The van der Waals surface area contributed by atoms with E-state index in [1.807, 2.05) is 0 Å². The van der Waals surface area contributed by atoms with Crippen molar-refractivity contribution in [3.8, 4) is 5.75 Å². The van der Waals surface area contributed by atoms with Crippen molar-refractivity contribution in [1.29, 1.82) is 0 Å². The van der Waals surface area contributed by atoms with Crippen molar-refractivity contribution in [2.24, 2.45) is 5.41 Å². The number of hydrogen-bond acceptors (Lipinski definition) is 3. The fourth-order valence-electron chi connectivity index (χ4n) is 2.43. The quantitative estimate of drug-likeness (QED) is 0.806. The van der Waals surface area contributed by atoms with Gasteiger partial charge < -0.3 is 15.2 Å². The summed E-state index contributed by atoms with van der Waals surface area (Å²) in [7, 11) is 0. The van der Waals surface area contributed by atoms with E-state index in [1.165, 1.54) is 24.3 Å². The highest BCUT2D eigenvalue weighted by Gasteiger charge is 2.39. The second-order valence-electron chi connectivity index (χ2n) is 5.44. The highest BCUT2D eigenvalue weighted by Crippen LogP contribution is 2.43. The molecule has 0 bridgehead atoms. The van der Waals surface area contributed by atoms with Gasteiger partial charge in [0.15, 0.2) is 6.61 Å². The van der Waals surface area contributed by atoms with E-state index in [2.05, 4.69) is 5.32 Å². The van der Waals surface area contributed by atoms with Gasteiger partial charge in [0.25, 0.3) is 5.91 Å². The lowest BCUT2D eigenvalue weighted by atomic mass is 9.66. The van der Waals surface area contributed by atoms with Crippen LogP contribution in [0.25, 0.3) is 0 Å². The molecule has 6 heteroatoms. The average Bonchev–Trinajstić information content (AvgIpc) is 2.40. The fraction of sp³-hybridized carbons (Fsp3) is 0.467. The number of halogens is 1. The van der Waals surface area contributed by atoms with Crippen molar-refractivity contribution in [1.82, 2.24) is 5.32 Å². The van der Waals surface area contributed by atoms with Gasteiger partial charge in [-0.1, -0.05) is 6.42 Å². The Morgan fingerprint density at radius 2 is 1.95 bits per heavy atom. The number of carboxylic acids is 1. The summed E-state index contributed by atoms with van der Waals surface area (Å²) in [4.78, 5) is 22.5. The van der Waals surface area contributed by atoms with Gasteiger partial charge in [-0.25, -0.2) is 4.39 Å². The van der Waals surface area contributed by atoms with Crippen LogP contribution in [-0.4, -0.2) is 30.1 Å². The van der Waals surface area contributed by atoms with Gasteiger partial charge in [0.2, 0.25) is 0 Å². The molecule has 0 saturated heterocycles. The van der Waals surface area contributed by atoms with Crippen LogP contribution in [0.15, 0.2) is 24.3 Å². The van der Waals surface area contributed by atoms with Gasteiger partial charge in [0.05, 0.1) is 6.42 Å². The van der Waals surface area contributed by atoms with Crippen LogP contribution in [0.3, 0.4) is 0 Å². The summed E-state index contributed by atoms with van der Waals surface area (Å²) < 4.78 is 17.9. The molecular weight excluding hydrogens is 277 g/mol. The van der Waals surface area contributed by atoms with E-state index < -0.39 is 5.97 Å². The van der Waals surface area contributed by atoms with E-state index in [0.717, 1.165) is 19.3 Å². The number of rotatable bonds is 7. The van der Waals surface area contributed by atoms with Crippen LogP contribution < -0.4 is 10.1 Å². The van der Waals surface area contributed by atoms with Gasteiger partial charge in [-0.15, -0.1) is 0 Å². The summed E-state index contributed by atoms with van der Waals surface area (Å²) >= 11 is 0. The van der Waals surface area contributed by atoms with E-state index in [0.29, 0.717) is 12.3 Å². The molecule has 1 saturated carbocycles. The third kappa shape index (κ3) is 4.44. The molecule has 114 valence electrons. The minimum absolute atomic E-state index is 0.0755. The number of aliphatic carboxylic acids is 1. The van der Waals surface area contributed by atoms with Crippen LogP contribution in [-0.2, 0) is 9.59 Å². The number of amides is 1. The maximum Gasteiger partial charge on any atom is 0.303 e. The van der Waals surface area contributed by atoms with Crippen molar-refractivity contribution in [3.05, 3.63) is 30.1 Å². The Kier molecular flexibility index (Phi) is 4.77. The van der Waals surface area contributed by atoms with Crippen molar-refractivity contribution >= 4 is 11.9 Å². The summed E-state index contributed by atoms with van der Waals surface area (Å²) in [6, 6.07) is 5.40. The molecule has 2 N–H and O–H groups in total. The Morgan fingerprint density at radius 3 is 2.48 bits per heavy atom. The minimum Gasteiger partial charge on any atom is -0.484 e. The average molecular weight is 295 g/mol. The van der Waals surface area contributed by atoms with Crippen LogP contribution in [0.1, 0.15) is 25.7 Å². The maximum atomic E-state index is 12.7. The molecule has 0 spiro atoms. The minimum atomic E-state index is -0.841. The molecule has 5 nitrogen and oxygen atoms in total. The van der Waals surface area contributed by atoms with Gasteiger partial charge in [0.1, 0.15) is 11.6 Å². The van der Waals surface area contributed by atoms with Crippen molar-refractivity contribution in [2.75, 3.05) is 13.2 Å². The molecule has 1 aromatic carbocycles. The van der Waals surface area contributed by atoms with Crippen LogP contribution in [0.4, 0.5) is 4.39 Å². The fourth-order valence-corrected chi connectivity index (χ4v) is 2.43. The first-order valence-electron chi connectivity index (χ1n) is 6.86. The third-order valence-electron chi connectivity index (χ3n) is 3.78. The Hall–Kier alpha value is -2.11. The predicted octanol–water partition coefficient (Wildman–Crippen LogP) is 1.97. The molecule has 1 amide bonds. The Bertz CT molecular complexity index is 511. The van der Waals surface area contributed by atoms with E-state index in [1.54, 1.807) is 0 Å². The smallest absolute Gasteiger partial charge is 0.303 e. The number of hydrogen-bond donors (Lipinski definition) is 2. The number of carboxylic acid groups (broad SMARTS) is 1. The van der Waals surface area contributed by atoms with Crippen LogP contribution in [0.2, 0.25) is 0 Å². The van der Waals surface area contributed by atoms with Gasteiger partial charge in [-0.05, 0) is 42.5 Å². The molecule has 2 rings (SSSR count). The first-order chi connectivity index (χ1) is 9.99. The second kappa shape index (κ2) is 6.56. The molecule has 0 aliphatic heterocycles. The molecule has 0 heterocycles. The monoisotopic (exact) mass is 295 g/mol. The second-order valence-corrected chi connectivity index (χ2v) is 5.44. The first kappa shape index (κ1) is 15.3. The van der Waals surface area contributed by atoms with Gasteiger partial charge >= 0.3 is 5.97 Å². The summed E-state index contributed by atoms with van der Waals surface area (Å²) in [5, 5.41) is 11.6. The van der Waals surface area contributed by atoms with Gasteiger partial charge in [0, 0.05) is 6.54 Å². The molecule has 0 radical (unpaired) electrons. The lowest BCUT2D eigenvalue weighted by Crippen LogP contribution is -2.44. The zero-order valence-electron chi connectivity index (χ0n) is 11.6. The highest BCUT2D eigenvalue weighted by atomic mass is 19.1. The molecule has 21 heavy (non-hydrogen) atoms. The normalized spacial score (nSPS) is 15.9. The number of benzene rings is 1. The number of ether oxygens (including phenoxy) is 1. The topological polar surface area (TPSA) is 75.6 Å². The number of nitrogens with one attached hydrogen (secondary N) is 1.